The molecule has 2 atom stereocenters. The Bertz CT molecular complexity index is 610. The highest BCUT2D eigenvalue weighted by atomic mass is 32.1. The summed E-state index contributed by atoms with van der Waals surface area (Å²) in [6.07, 6.45) is 2.10. The molecule has 1 aromatic rings. The average Bonchev–Trinajstić information content (AvgIpc) is 2.89. The summed E-state index contributed by atoms with van der Waals surface area (Å²) in [4.78, 5) is 3.66. The summed E-state index contributed by atoms with van der Waals surface area (Å²) in [5.74, 6) is 0. The SMILES string of the molecule is S.[C-]#[N+]c1cccc2c1CC[C@@H]2N(P)CCO[Si](C)(C)C(C)(C)C. The third kappa shape index (κ3) is 4.62. The summed E-state index contributed by atoms with van der Waals surface area (Å²) in [6.45, 7) is 20.4. The Morgan fingerprint density at radius 3 is 2.62 bits per heavy atom. The van der Waals surface area contributed by atoms with Crippen molar-refractivity contribution in [2.45, 2.75) is 57.8 Å². The van der Waals surface area contributed by atoms with Gasteiger partial charge in [0.15, 0.2) is 14.0 Å². The number of benzene rings is 1. The van der Waals surface area contributed by atoms with Crippen LogP contribution >= 0.6 is 22.9 Å². The van der Waals surface area contributed by atoms with Crippen LogP contribution in [0.2, 0.25) is 18.1 Å². The Labute approximate surface area is 157 Å². The van der Waals surface area contributed by atoms with E-state index < -0.39 is 8.32 Å². The number of rotatable bonds is 5. The standard InChI is InChI=1S/C18H29N2OPSi.H2S/c1-18(2,3)23(5,6)21-13-12-20(22)17-11-10-14-15(17)8-7-9-16(14)19-4;/h7-9,17H,10-13,22H2,1-3,5-6H3;1H2/t17-;/m0./s1. The van der Waals surface area contributed by atoms with Gasteiger partial charge in [-0.2, -0.15) is 13.5 Å². The van der Waals surface area contributed by atoms with E-state index in [1.807, 2.05) is 12.1 Å². The fourth-order valence-corrected chi connectivity index (χ4v) is 4.29. The highest BCUT2D eigenvalue weighted by Gasteiger charge is 2.37. The lowest BCUT2D eigenvalue weighted by Crippen LogP contribution is -2.42. The van der Waals surface area contributed by atoms with E-state index in [9.17, 15) is 0 Å². The lowest BCUT2D eigenvalue weighted by Gasteiger charge is -2.37. The molecule has 134 valence electrons. The predicted octanol–water partition coefficient (Wildman–Crippen LogP) is 5.45. The first kappa shape index (κ1) is 21.7. The number of hydrogen-bond donors (Lipinski definition) is 0. The van der Waals surface area contributed by atoms with Crippen molar-refractivity contribution < 1.29 is 4.43 Å². The third-order valence-electron chi connectivity index (χ3n) is 5.35. The first-order valence-electron chi connectivity index (χ1n) is 8.32. The Hall–Kier alpha value is -0.373. The third-order valence-corrected chi connectivity index (χ3v) is 10.5. The molecule has 0 bridgehead atoms. The molecule has 0 aliphatic heterocycles. The minimum Gasteiger partial charge on any atom is -0.416 e. The van der Waals surface area contributed by atoms with E-state index >= 15 is 0 Å². The Kier molecular flexibility index (Phi) is 7.53. The maximum atomic E-state index is 7.31. The van der Waals surface area contributed by atoms with Crippen LogP contribution in [0.3, 0.4) is 0 Å². The summed E-state index contributed by atoms with van der Waals surface area (Å²) < 4.78 is 8.60. The van der Waals surface area contributed by atoms with Crippen LogP contribution < -0.4 is 0 Å². The molecule has 0 N–H and O–H groups in total. The van der Waals surface area contributed by atoms with Crippen molar-refractivity contribution in [1.29, 1.82) is 0 Å². The number of nitrogens with zero attached hydrogens (tertiary/aromatic N) is 2. The van der Waals surface area contributed by atoms with Crippen LogP contribution in [0.1, 0.15) is 44.4 Å². The Morgan fingerprint density at radius 1 is 1.38 bits per heavy atom. The van der Waals surface area contributed by atoms with Crippen LogP contribution in [-0.2, 0) is 10.8 Å². The summed E-state index contributed by atoms with van der Waals surface area (Å²) in [5.41, 5.74) is 3.38. The van der Waals surface area contributed by atoms with E-state index in [1.54, 1.807) is 0 Å². The zero-order valence-electron chi connectivity index (χ0n) is 15.5. The Morgan fingerprint density at radius 2 is 2.04 bits per heavy atom. The van der Waals surface area contributed by atoms with Crippen LogP contribution in [0.15, 0.2) is 18.2 Å². The second kappa shape index (κ2) is 8.34. The van der Waals surface area contributed by atoms with Crippen molar-refractivity contribution in [1.82, 2.24) is 4.67 Å². The van der Waals surface area contributed by atoms with E-state index in [1.165, 1.54) is 11.1 Å². The van der Waals surface area contributed by atoms with Crippen molar-refractivity contribution >= 4 is 36.9 Å². The fourth-order valence-electron chi connectivity index (χ4n) is 2.84. The Balaban J connectivity index is 0.00000288. The van der Waals surface area contributed by atoms with Crippen LogP contribution in [0.5, 0.6) is 0 Å². The van der Waals surface area contributed by atoms with Gasteiger partial charge in [0.2, 0.25) is 0 Å². The summed E-state index contributed by atoms with van der Waals surface area (Å²) in [6, 6.07) is 6.50. The fraction of sp³-hybridized carbons (Fsp3) is 0.611. The van der Waals surface area contributed by atoms with E-state index in [0.717, 1.165) is 31.7 Å². The molecule has 0 fully saturated rings. The largest absolute Gasteiger partial charge is 0.416 e. The lowest BCUT2D eigenvalue weighted by atomic mass is 10.1. The van der Waals surface area contributed by atoms with Gasteiger partial charge >= 0.3 is 0 Å². The predicted molar refractivity (Wildman–Crippen MR) is 114 cm³/mol. The molecule has 0 saturated heterocycles. The molecule has 3 nitrogen and oxygen atoms in total. The van der Waals surface area contributed by atoms with E-state index in [-0.39, 0.29) is 18.5 Å². The second-order valence-electron chi connectivity index (χ2n) is 7.86. The van der Waals surface area contributed by atoms with Gasteiger partial charge in [-0.1, -0.05) is 48.4 Å². The van der Waals surface area contributed by atoms with Crippen LogP contribution in [0.4, 0.5) is 5.69 Å². The zero-order chi connectivity index (χ0) is 17.3. The van der Waals surface area contributed by atoms with Gasteiger partial charge in [0.05, 0.1) is 6.57 Å². The first-order valence-corrected chi connectivity index (χ1v) is 11.7. The van der Waals surface area contributed by atoms with Crippen LogP contribution in [0, 0.1) is 6.57 Å². The van der Waals surface area contributed by atoms with Crippen molar-refractivity contribution in [3.8, 4) is 0 Å². The zero-order valence-corrected chi connectivity index (χ0v) is 18.7. The minimum atomic E-state index is -1.67. The van der Waals surface area contributed by atoms with E-state index in [0.29, 0.717) is 6.04 Å². The minimum absolute atomic E-state index is 0. The molecule has 6 heteroatoms. The molecule has 1 aliphatic carbocycles. The van der Waals surface area contributed by atoms with Crippen LogP contribution in [0.25, 0.3) is 4.85 Å². The topological polar surface area (TPSA) is 16.8 Å². The van der Waals surface area contributed by atoms with Crippen molar-refractivity contribution in [3.05, 3.63) is 40.7 Å². The molecule has 1 aliphatic rings. The lowest BCUT2D eigenvalue weighted by molar-refractivity contribution is 0.236. The normalized spacial score (nSPS) is 17.3. The maximum Gasteiger partial charge on any atom is 0.192 e. The molecule has 0 aromatic heterocycles. The molecule has 2 rings (SSSR count). The van der Waals surface area contributed by atoms with Gasteiger partial charge in [-0.25, -0.2) is 4.85 Å². The van der Waals surface area contributed by atoms with Gasteiger partial charge in [0.25, 0.3) is 0 Å². The van der Waals surface area contributed by atoms with Crippen molar-refractivity contribution in [2.24, 2.45) is 0 Å². The molecular formula is C18H31N2OPSSi. The van der Waals surface area contributed by atoms with Gasteiger partial charge in [0.1, 0.15) is 0 Å². The number of hydrogen-bond acceptors (Lipinski definition) is 2. The van der Waals surface area contributed by atoms with Crippen molar-refractivity contribution in [2.75, 3.05) is 13.2 Å². The maximum absolute atomic E-state index is 7.31. The molecule has 0 saturated carbocycles. The molecule has 24 heavy (non-hydrogen) atoms. The summed E-state index contributed by atoms with van der Waals surface area (Å²) in [7, 11) is 1.20. The van der Waals surface area contributed by atoms with Gasteiger partial charge in [-0.05, 0) is 42.1 Å². The molecular weight excluding hydrogens is 351 g/mol. The summed E-state index contributed by atoms with van der Waals surface area (Å²) >= 11 is 0. The van der Waals surface area contributed by atoms with E-state index in [4.69, 9.17) is 11.0 Å². The average molecular weight is 383 g/mol. The van der Waals surface area contributed by atoms with Gasteiger partial charge in [-0.15, -0.1) is 0 Å². The quantitative estimate of drug-likeness (QED) is 0.382. The molecule has 1 unspecified atom stereocenters. The highest BCUT2D eigenvalue weighted by molar-refractivity contribution is 7.59. The van der Waals surface area contributed by atoms with Gasteiger partial charge in [-0.3, -0.25) is 4.67 Å². The van der Waals surface area contributed by atoms with Gasteiger partial charge in [0, 0.05) is 19.2 Å². The molecule has 0 spiro atoms. The first-order chi connectivity index (χ1) is 10.7. The van der Waals surface area contributed by atoms with Gasteiger partial charge < -0.3 is 4.43 Å². The second-order valence-corrected chi connectivity index (χ2v) is 13.3. The molecule has 1 aromatic carbocycles. The smallest absolute Gasteiger partial charge is 0.192 e. The monoisotopic (exact) mass is 382 g/mol. The molecule has 0 amide bonds. The summed E-state index contributed by atoms with van der Waals surface area (Å²) in [5, 5.41) is 0.253. The molecule has 0 heterocycles. The number of fused-ring (bicyclic) bond motifs is 1. The highest BCUT2D eigenvalue weighted by Crippen LogP contribution is 2.41. The van der Waals surface area contributed by atoms with Crippen molar-refractivity contribution in [3.63, 3.8) is 0 Å². The molecule has 0 radical (unpaired) electrons. The van der Waals surface area contributed by atoms with Crippen LogP contribution in [-0.4, -0.2) is 26.1 Å². The van der Waals surface area contributed by atoms with E-state index in [2.05, 4.69) is 58.8 Å².